The van der Waals surface area contributed by atoms with E-state index in [1.165, 1.54) is 0 Å². The van der Waals surface area contributed by atoms with Gasteiger partial charge in [0.25, 0.3) is 5.91 Å². The van der Waals surface area contributed by atoms with Crippen LogP contribution >= 0.6 is 11.6 Å². The molecule has 5 heteroatoms. The summed E-state index contributed by atoms with van der Waals surface area (Å²) in [5.74, 6) is 1.07. The van der Waals surface area contributed by atoms with Crippen LogP contribution < -0.4 is 0 Å². The summed E-state index contributed by atoms with van der Waals surface area (Å²) in [4.78, 5) is 17.7. The molecular formula is C22H25ClN2O2. The summed E-state index contributed by atoms with van der Waals surface area (Å²) < 4.78 is 6.48. The van der Waals surface area contributed by atoms with Crippen molar-refractivity contribution in [2.45, 2.75) is 24.5 Å². The molecule has 0 radical (unpaired) electrons. The monoisotopic (exact) mass is 384 g/mol. The highest BCUT2D eigenvalue weighted by Crippen LogP contribution is 2.55. The van der Waals surface area contributed by atoms with Crippen LogP contribution in [0.5, 0.6) is 0 Å². The fraction of sp³-hybridized carbons (Fsp3) is 0.500. The number of hydrogen-bond donors (Lipinski definition) is 0. The molecule has 0 unspecified atom stereocenters. The molecule has 1 amide bonds. The van der Waals surface area contributed by atoms with Crippen LogP contribution in [-0.4, -0.2) is 61.1 Å². The van der Waals surface area contributed by atoms with Crippen molar-refractivity contribution in [1.82, 2.24) is 9.80 Å². The molecule has 2 aromatic rings. The molecule has 3 saturated heterocycles. The lowest BCUT2D eigenvalue weighted by Gasteiger charge is -2.30. The van der Waals surface area contributed by atoms with Gasteiger partial charge in [-0.3, -0.25) is 4.79 Å². The zero-order valence-electron chi connectivity index (χ0n) is 15.8. The summed E-state index contributed by atoms with van der Waals surface area (Å²) >= 11 is 6.34. The lowest BCUT2D eigenvalue weighted by atomic mass is 9.73. The van der Waals surface area contributed by atoms with Crippen molar-refractivity contribution in [1.29, 1.82) is 0 Å². The lowest BCUT2D eigenvalue weighted by Crippen LogP contribution is -2.40. The SMILES string of the molecule is CN(C)C[C@H]1[C@H]2CN(C(=O)c3cccc4c(Cl)cccc34)C[C@]23CC[C@H]1O3. The summed E-state index contributed by atoms with van der Waals surface area (Å²) in [6, 6.07) is 11.6. The van der Waals surface area contributed by atoms with Gasteiger partial charge in [-0.05, 0) is 44.5 Å². The van der Waals surface area contributed by atoms with E-state index in [-0.39, 0.29) is 11.5 Å². The molecule has 0 N–H and O–H groups in total. The minimum atomic E-state index is -0.122. The van der Waals surface area contributed by atoms with Crippen LogP contribution in [0.4, 0.5) is 0 Å². The molecule has 2 aromatic carbocycles. The first kappa shape index (κ1) is 17.5. The molecule has 3 heterocycles. The number of carbonyl (C=O) groups excluding carboxylic acids is 1. The normalized spacial score (nSPS) is 31.9. The molecule has 4 atom stereocenters. The Bertz CT molecular complexity index is 914. The van der Waals surface area contributed by atoms with Crippen LogP contribution in [0.25, 0.3) is 10.8 Å². The number of hydrogen-bond acceptors (Lipinski definition) is 3. The van der Waals surface area contributed by atoms with Gasteiger partial charge in [-0.15, -0.1) is 0 Å². The van der Waals surface area contributed by atoms with Crippen molar-refractivity contribution in [3.63, 3.8) is 0 Å². The zero-order chi connectivity index (χ0) is 18.8. The lowest BCUT2D eigenvalue weighted by molar-refractivity contribution is 0.00258. The smallest absolute Gasteiger partial charge is 0.254 e. The molecule has 5 rings (SSSR count). The fourth-order valence-corrected chi connectivity index (χ4v) is 5.88. The number of carbonyl (C=O) groups is 1. The number of likely N-dealkylation sites (tertiary alicyclic amines) is 1. The highest BCUT2D eigenvalue weighted by molar-refractivity contribution is 6.36. The predicted octanol–water partition coefficient (Wildman–Crippen LogP) is 3.67. The van der Waals surface area contributed by atoms with Gasteiger partial charge in [0.15, 0.2) is 0 Å². The van der Waals surface area contributed by atoms with Gasteiger partial charge in [-0.2, -0.15) is 0 Å². The Balaban J connectivity index is 1.46. The Morgan fingerprint density at radius 3 is 2.85 bits per heavy atom. The molecule has 3 aliphatic rings. The maximum absolute atomic E-state index is 13.4. The van der Waals surface area contributed by atoms with E-state index >= 15 is 0 Å². The highest BCUT2D eigenvalue weighted by Gasteiger charge is 2.63. The first-order chi connectivity index (χ1) is 13.0. The summed E-state index contributed by atoms with van der Waals surface area (Å²) in [5.41, 5.74) is 0.619. The Morgan fingerprint density at radius 2 is 2.04 bits per heavy atom. The molecule has 27 heavy (non-hydrogen) atoms. The van der Waals surface area contributed by atoms with Crippen LogP contribution in [0.3, 0.4) is 0 Å². The van der Waals surface area contributed by atoms with Crippen molar-refractivity contribution in [2.24, 2.45) is 11.8 Å². The minimum Gasteiger partial charge on any atom is -0.369 e. The molecule has 0 aliphatic carbocycles. The number of halogens is 1. The molecule has 1 spiro atoms. The summed E-state index contributed by atoms with van der Waals surface area (Å²) in [6.07, 6.45) is 2.57. The van der Waals surface area contributed by atoms with E-state index < -0.39 is 0 Å². The average Bonchev–Trinajstić information content (AvgIpc) is 3.30. The fourth-order valence-electron chi connectivity index (χ4n) is 5.64. The van der Waals surface area contributed by atoms with Gasteiger partial charge >= 0.3 is 0 Å². The van der Waals surface area contributed by atoms with Crippen LogP contribution in [0.15, 0.2) is 36.4 Å². The number of nitrogens with zero attached hydrogens (tertiary/aromatic N) is 2. The Kier molecular flexibility index (Phi) is 4.01. The predicted molar refractivity (Wildman–Crippen MR) is 107 cm³/mol. The third-order valence-corrected chi connectivity index (χ3v) is 7.08. The third kappa shape index (κ3) is 2.61. The maximum Gasteiger partial charge on any atom is 0.254 e. The Morgan fingerprint density at radius 1 is 1.26 bits per heavy atom. The highest BCUT2D eigenvalue weighted by atomic mass is 35.5. The van der Waals surface area contributed by atoms with E-state index in [2.05, 4.69) is 19.0 Å². The molecule has 3 aliphatic heterocycles. The van der Waals surface area contributed by atoms with E-state index in [9.17, 15) is 4.79 Å². The third-order valence-electron chi connectivity index (χ3n) is 6.75. The largest absolute Gasteiger partial charge is 0.369 e. The van der Waals surface area contributed by atoms with Crippen molar-refractivity contribution < 1.29 is 9.53 Å². The zero-order valence-corrected chi connectivity index (χ0v) is 16.6. The van der Waals surface area contributed by atoms with Crippen LogP contribution in [0, 0.1) is 11.8 Å². The van der Waals surface area contributed by atoms with E-state index in [4.69, 9.17) is 16.3 Å². The van der Waals surface area contributed by atoms with Crippen molar-refractivity contribution in [3.05, 3.63) is 47.0 Å². The quantitative estimate of drug-likeness (QED) is 0.809. The average molecular weight is 385 g/mol. The minimum absolute atomic E-state index is 0.0993. The van der Waals surface area contributed by atoms with Gasteiger partial charge in [-0.1, -0.05) is 35.9 Å². The second-order valence-electron chi connectivity index (χ2n) is 8.62. The number of fused-ring (bicyclic) bond motifs is 2. The molecule has 2 bridgehead atoms. The van der Waals surface area contributed by atoms with E-state index in [0.29, 0.717) is 29.5 Å². The van der Waals surface area contributed by atoms with E-state index in [0.717, 1.165) is 42.3 Å². The number of rotatable bonds is 3. The summed E-state index contributed by atoms with van der Waals surface area (Å²) in [5, 5.41) is 2.55. The number of benzene rings is 2. The second kappa shape index (κ2) is 6.20. The molecular weight excluding hydrogens is 360 g/mol. The first-order valence-electron chi connectivity index (χ1n) is 9.77. The van der Waals surface area contributed by atoms with Crippen LogP contribution in [0.2, 0.25) is 5.02 Å². The van der Waals surface area contributed by atoms with E-state index in [1.54, 1.807) is 0 Å². The first-order valence-corrected chi connectivity index (χ1v) is 10.2. The summed E-state index contributed by atoms with van der Waals surface area (Å²) in [6.45, 7) is 2.54. The van der Waals surface area contributed by atoms with Gasteiger partial charge in [0, 0.05) is 40.9 Å². The summed E-state index contributed by atoms with van der Waals surface area (Å²) in [7, 11) is 4.24. The van der Waals surface area contributed by atoms with Crippen LogP contribution in [0.1, 0.15) is 23.2 Å². The number of ether oxygens (including phenoxy) is 1. The van der Waals surface area contributed by atoms with Gasteiger partial charge in [0.1, 0.15) is 0 Å². The van der Waals surface area contributed by atoms with Crippen molar-refractivity contribution in [3.8, 4) is 0 Å². The Labute approximate surface area is 165 Å². The van der Waals surface area contributed by atoms with Crippen LogP contribution in [-0.2, 0) is 4.74 Å². The van der Waals surface area contributed by atoms with Gasteiger partial charge < -0.3 is 14.5 Å². The topological polar surface area (TPSA) is 32.8 Å². The van der Waals surface area contributed by atoms with Crippen molar-refractivity contribution >= 4 is 28.3 Å². The Hall–Kier alpha value is -1.62. The van der Waals surface area contributed by atoms with E-state index in [1.807, 2.05) is 41.3 Å². The molecule has 0 aromatic heterocycles. The van der Waals surface area contributed by atoms with Gasteiger partial charge in [0.2, 0.25) is 0 Å². The molecule has 0 saturated carbocycles. The molecule has 142 valence electrons. The van der Waals surface area contributed by atoms with Crippen molar-refractivity contribution in [2.75, 3.05) is 33.7 Å². The standard InChI is InChI=1S/C22H25ClN2O2/c1-24(2)11-17-18-12-25(13-22(18)10-9-20(17)27-22)21(26)16-7-3-6-15-14(16)5-4-8-19(15)23/h3-8,17-18,20H,9-13H2,1-2H3/t17-,18+,20+,22+/m0/s1. The molecule has 3 fully saturated rings. The van der Waals surface area contributed by atoms with Gasteiger partial charge in [0.05, 0.1) is 18.2 Å². The number of amides is 1. The molecule has 4 nitrogen and oxygen atoms in total. The second-order valence-corrected chi connectivity index (χ2v) is 9.03. The maximum atomic E-state index is 13.4. The van der Waals surface area contributed by atoms with Gasteiger partial charge in [-0.25, -0.2) is 0 Å².